The lowest BCUT2D eigenvalue weighted by atomic mass is 10.0. The van der Waals surface area contributed by atoms with Crippen LogP contribution in [0.5, 0.6) is 11.5 Å². The summed E-state index contributed by atoms with van der Waals surface area (Å²) in [6, 6.07) is 16.9. The van der Waals surface area contributed by atoms with Crippen molar-refractivity contribution in [2.24, 2.45) is 0 Å². The van der Waals surface area contributed by atoms with Crippen LogP contribution in [0, 0.1) is 0 Å². The molecule has 174 valence electrons. The second-order valence-corrected chi connectivity index (χ2v) is 8.79. The maximum Gasteiger partial charge on any atom is 0.173 e. The molecule has 1 atom stereocenters. The predicted molar refractivity (Wildman–Crippen MR) is 127 cm³/mol. The van der Waals surface area contributed by atoms with Crippen LogP contribution in [0.1, 0.15) is 49.2 Å². The molecule has 3 aromatic rings. The van der Waals surface area contributed by atoms with Gasteiger partial charge in [0.2, 0.25) is 0 Å². The molecule has 0 bridgehead atoms. The molecule has 1 saturated heterocycles. The van der Waals surface area contributed by atoms with E-state index in [1.54, 1.807) is 14.2 Å². The fraction of sp³-hybridized carbons (Fsp3) is 0.480. The molecule has 2 heterocycles. The Morgan fingerprint density at radius 2 is 1.67 bits per heavy atom. The minimum absolute atomic E-state index is 0.108. The molecule has 0 spiro atoms. The number of piperazine rings is 1. The first kappa shape index (κ1) is 21.7. The summed E-state index contributed by atoms with van der Waals surface area (Å²) in [5, 5.41) is 13.1. The smallest absolute Gasteiger partial charge is 0.173 e. The van der Waals surface area contributed by atoms with E-state index in [9.17, 15) is 0 Å². The minimum Gasteiger partial charge on any atom is -0.497 e. The number of rotatable bonds is 7. The molecule has 0 radical (unpaired) electrons. The van der Waals surface area contributed by atoms with Gasteiger partial charge in [-0.1, -0.05) is 31.0 Å². The van der Waals surface area contributed by atoms with E-state index < -0.39 is 0 Å². The number of para-hydroxylation sites is 1. The van der Waals surface area contributed by atoms with E-state index in [-0.39, 0.29) is 6.04 Å². The van der Waals surface area contributed by atoms with E-state index in [0.29, 0.717) is 6.04 Å². The molecule has 1 saturated carbocycles. The summed E-state index contributed by atoms with van der Waals surface area (Å²) in [4.78, 5) is 4.92. The Morgan fingerprint density at radius 1 is 0.909 bits per heavy atom. The number of benzene rings is 2. The molecule has 1 aliphatic heterocycles. The fourth-order valence-corrected chi connectivity index (χ4v) is 5.22. The Hall–Kier alpha value is -3.13. The Morgan fingerprint density at radius 3 is 2.36 bits per heavy atom. The summed E-state index contributed by atoms with van der Waals surface area (Å²) in [5.74, 6) is 2.52. The first-order valence-electron chi connectivity index (χ1n) is 11.8. The SMILES string of the molecule is COc1ccc(OC)c([C@@H](c2nnnn2C2CCCC2)N2CCN(c3ccccc3)CC2)c1. The van der Waals surface area contributed by atoms with Crippen molar-refractivity contribution in [3.8, 4) is 11.5 Å². The molecule has 8 nitrogen and oxygen atoms in total. The molecule has 5 rings (SSSR count). The van der Waals surface area contributed by atoms with Gasteiger partial charge in [0.25, 0.3) is 0 Å². The van der Waals surface area contributed by atoms with Gasteiger partial charge in [-0.05, 0) is 53.6 Å². The van der Waals surface area contributed by atoms with Crippen molar-refractivity contribution < 1.29 is 9.47 Å². The highest BCUT2D eigenvalue weighted by atomic mass is 16.5. The van der Waals surface area contributed by atoms with Crippen LogP contribution in [0.3, 0.4) is 0 Å². The standard InChI is InChI=1S/C25H32N6O2/c1-32-21-12-13-23(33-2)22(18-21)24(25-26-27-28-31(25)20-10-6-7-11-20)30-16-14-29(15-17-30)19-8-4-3-5-9-19/h3-5,8-9,12-13,18,20,24H,6-7,10-11,14-17H2,1-2H3/t24-/m0/s1. The van der Waals surface area contributed by atoms with Crippen molar-refractivity contribution >= 4 is 5.69 Å². The lowest BCUT2D eigenvalue weighted by molar-refractivity contribution is 0.194. The van der Waals surface area contributed by atoms with Gasteiger partial charge in [0.15, 0.2) is 5.82 Å². The molecular formula is C25H32N6O2. The highest BCUT2D eigenvalue weighted by Crippen LogP contribution is 2.39. The van der Waals surface area contributed by atoms with Crippen molar-refractivity contribution in [1.29, 1.82) is 0 Å². The third-order valence-electron chi connectivity index (χ3n) is 6.97. The zero-order valence-electron chi connectivity index (χ0n) is 19.4. The maximum absolute atomic E-state index is 5.80. The molecule has 0 N–H and O–H groups in total. The summed E-state index contributed by atoms with van der Waals surface area (Å²) >= 11 is 0. The van der Waals surface area contributed by atoms with Crippen LogP contribution >= 0.6 is 0 Å². The minimum atomic E-state index is -0.108. The Bertz CT molecular complexity index is 1040. The lowest BCUT2D eigenvalue weighted by Crippen LogP contribution is -2.48. The molecule has 33 heavy (non-hydrogen) atoms. The van der Waals surface area contributed by atoms with Crippen LogP contribution in [0.25, 0.3) is 0 Å². The molecule has 2 fully saturated rings. The number of ether oxygens (including phenoxy) is 2. The van der Waals surface area contributed by atoms with Crippen molar-refractivity contribution in [3.05, 3.63) is 59.9 Å². The zero-order valence-corrected chi connectivity index (χ0v) is 19.4. The number of anilines is 1. The average Bonchev–Trinajstić information content (AvgIpc) is 3.57. The Balaban J connectivity index is 1.50. The number of aromatic nitrogens is 4. The second kappa shape index (κ2) is 9.79. The van der Waals surface area contributed by atoms with Gasteiger partial charge < -0.3 is 14.4 Å². The van der Waals surface area contributed by atoms with E-state index in [0.717, 1.165) is 61.9 Å². The topological polar surface area (TPSA) is 68.5 Å². The van der Waals surface area contributed by atoms with Crippen molar-refractivity contribution in [3.63, 3.8) is 0 Å². The van der Waals surface area contributed by atoms with E-state index in [1.165, 1.54) is 18.5 Å². The van der Waals surface area contributed by atoms with Gasteiger partial charge in [0, 0.05) is 37.4 Å². The van der Waals surface area contributed by atoms with Crippen molar-refractivity contribution in [2.75, 3.05) is 45.3 Å². The molecule has 1 aliphatic carbocycles. The number of hydrogen-bond donors (Lipinski definition) is 0. The predicted octanol–water partition coefficient (Wildman–Crippen LogP) is 3.72. The number of tetrazole rings is 1. The fourth-order valence-electron chi connectivity index (χ4n) is 5.22. The van der Waals surface area contributed by atoms with Crippen molar-refractivity contribution in [1.82, 2.24) is 25.1 Å². The van der Waals surface area contributed by atoms with Crippen LogP contribution < -0.4 is 14.4 Å². The third kappa shape index (κ3) is 4.39. The van der Waals surface area contributed by atoms with Gasteiger partial charge in [-0.15, -0.1) is 5.10 Å². The van der Waals surface area contributed by atoms with Crippen molar-refractivity contribution in [2.45, 2.75) is 37.8 Å². The number of nitrogens with zero attached hydrogens (tertiary/aromatic N) is 6. The summed E-state index contributed by atoms with van der Waals surface area (Å²) in [6.45, 7) is 3.69. The maximum atomic E-state index is 5.80. The summed E-state index contributed by atoms with van der Waals surface area (Å²) in [6.07, 6.45) is 4.71. The van der Waals surface area contributed by atoms with Crippen LogP contribution in [0.4, 0.5) is 5.69 Å². The Kier molecular flexibility index (Phi) is 6.44. The molecule has 0 amide bonds. The van der Waals surface area contributed by atoms with Crippen LogP contribution in [-0.2, 0) is 0 Å². The molecule has 0 unspecified atom stereocenters. The van der Waals surface area contributed by atoms with Gasteiger partial charge in [0.05, 0.1) is 20.3 Å². The first-order valence-corrected chi connectivity index (χ1v) is 11.8. The molecule has 1 aromatic heterocycles. The zero-order chi connectivity index (χ0) is 22.6. The lowest BCUT2D eigenvalue weighted by Gasteiger charge is -2.40. The quantitative estimate of drug-likeness (QED) is 0.546. The van der Waals surface area contributed by atoms with Crippen LogP contribution in [0.15, 0.2) is 48.5 Å². The molecule has 2 aromatic carbocycles. The van der Waals surface area contributed by atoms with Crippen LogP contribution in [-0.4, -0.2) is 65.5 Å². The molecule has 2 aliphatic rings. The highest BCUT2D eigenvalue weighted by Gasteiger charge is 2.35. The monoisotopic (exact) mass is 448 g/mol. The Labute approximate surface area is 195 Å². The summed E-state index contributed by atoms with van der Waals surface area (Å²) < 4.78 is 13.4. The molecule has 8 heteroatoms. The summed E-state index contributed by atoms with van der Waals surface area (Å²) in [5.41, 5.74) is 2.31. The normalized spacial score (nSPS) is 18.4. The largest absolute Gasteiger partial charge is 0.497 e. The van der Waals surface area contributed by atoms with Gasteiger partial charge in [-0.25, -0.2) is 4.68 Å². The first-order chi connectivity index (χ1) is 16.3. The van der Waals surface area contributed by atoms with Gasteiger partial charge >= 0.3 is 0 Å². The van der Waals surface area contributed by atoms with Gasteiger partial charge in [0.1, 0.15) is 17.5 Å². The van der Waals surface area contributed by atoms with Gasteiger partial charge in [-0.2, -0.15) is 0 Å². The van der Waals surface area contributed by atoms with Gasteiger partial charge in [-0.3, -0.25) is 4.90 Å². The second-order valence-electron chi connectivity index (χ2n) is 8.79. The third-order valence-corrected chi connectivity index (χ3v) is 6.97. The molecular weight excluding hydrogens is 416 g/mol. The highest BCUT2D eigenvalue weighted by molar-refractivity contribution is 5.47. The number of hydrogen-bond acceptors (Lipinski definition) is 7. The summed E-state index contributed by atoms with van der Waals surface area (Å²) in [7, 11) is 3.41. The number of methoxy groups -OCH3 is 2. The van der Waals surface area contributed by atoms with E-state index >= 15 is 0 Å². The van der Waals surface area contributed by atoms with E-state index in [1.807, 2.05) is 12.1 Å². The van der Waals surface area contributed by atoms with Crippen LogP contribution in [0.2, 0.25) is 0 Å². The van der Waals surface area contributed by atoms with E-state index in [2.05, 4.69) is 66.4 Å². The average molecular weight is 449 g/mol. The van der Waals surface area contributed by atoms with E-state index in [4.69, 9.17) is 9.47 Å².